The van der Waals surface area contributed by atoms with Crippen molar-refractivity contribution in [1.82, 2.24) is 5.32 Å². The van der Waals surface area contributed by atoms with Gasteiger partial charge in [-0.1, -0.05) is 227 Å². The molecule has 0 saturated carbocycles. The molecule has 7 atom stereocenters. The number of hydrogen-bond acceptors (Lipinski definition) is 8. The highest BCUT2D eigenvalue weighted by Crippen LogP contribution is 2.22. The van der Waals surface area contributed by atoms with Gasteiger partial charge in [0.1, 0.15) is 24.4 Å². The number of unbranched alkanes of at least 4 members (excludes halogenated alkanes) is 21. The molecule has 1 saturated heterocycles. The monoisotopic (exact) mass is 938 g/mol. The van der Waals surface area contributed by atoms with Crippen LogP contribution in [0.25, 0.3) is 0 Å². The lowest BCUT2D eigenvalue weighted by atomic mass is 9.99. The first-order chi connectivity index (χ1) is 32.8. The van der Waals surface area contributed by atoms with E-state index in [4.69, 9.17) is 9.47 Å². The third kappa shape index (κ3) is 36.7. The highest BCUT2D eigenvalue weighted by Gasteiger charge is 2.44. The zero-order chi connectivity index (χ0) is 48.7. The second-order valence-electron chi connectivity index (χ2n) is 18.3. The maximum Gasteiger partial charge on any atom is 0.224 e. The Kier molecular flexibility index (Phi) is 43.4. The molecule has 0 aromatic rings. The quantitative estimate of drug-likeness (QED) is 0.0261. The number of allylic oxidation sites excluding steroid dienone is 14. The van der Waals surface area contributed by atoms with Crippen LogP contribution in [0.5, 0.6) is 0 Å². The van der Waals surface area contributed by atoms with E-state index in [1.165, 1.54) is 122 Å². The summed E-state index contributed by atoms with van der Waals surface area (Å²) < 4.78 is 11.2. The topological polar surface area (TPSA) is 149 Å². The van der Waals surface area contributed by atoms with Crippen LogP contribution in [0.4, 0.5) is 0 Å². The number of ether oxygens (including phenoxy) is 2. The zero-order valence-corrected chi connectivity index (χ0v) is 42.4. The van der Waals surface area contributed by atoms with Crippen LogP contribution in [-0.4, -0.2) is 87.5 Å². The van der Waals surface area contributed by atoms with E-state index in [0.717, 1.165) is 51.4 Å². The van der Waals surface area contributed by atoms with Crippen LogP contribution in [0.1, 0.15) is 206 Å². The number of amides is 1. The lowest BCUT2D eigenvalue weighted by Gasteiger charge is -2.40. The Labute approximate surface area is 409 Å². The number of nitrogens with one attached hydrogen (secondary N) is 1. The lowest BCUT2D eigenvalue weighted by Crippen LogP contribution is -2.60. The highest BCUT2D eigenvalue weighted by atomic mass is 16.7. The molecule has 0 aromatic carbocycles. The molecule has 7 unspecified atom stereocenters. The van der Waals surface area contributed by atoms with Crippen LogP contribution < -0.4 is 5.32 Å². The van der Waals surface area contributed by atoms with Gasteiger partial charge in [0.25, 0.3) is 0 Å². The Bertz CT molecular complexity index is 1370. The summed E-state index contributed by atoms with van der Waals surface area (Å²) >= 11 is 0. The van der Waals surface area contributed by atoms with Crippen molar-refractivity contribution in [2.75, 3.05) is 13.2 Å². The SMILES string of the molecule is CC/C=C\C/C=C\C/C=C\C/C=C\C/C=C\CC(=O)NC(COC1OC(CO)C(O)C(O)C1O)C(O)/C=C/CC/C=C/CC/C=C/CCCCCCCCCCCCCCCCCCCCC. The van der Waals surface area contributed by atoms with E-state index in [-0.39, 0.29) is 18.9 Å². The largest absolute Gasteiger partial charge is 0.394 e. The van der Waals surface area contributed by atoms with Gasteiger partial charge in [-0.05, 0) is 70.6 Å². The molecule has 67 heavy (non-hydrogen) atoms. The first kappa shape index (κ1) is 62.1. The molecule has 384 valence electrons. The molecule has 1 fully saturated rings. The lowest BCUT2D eigenvalue weighted by molar-refractivity contribution is -0.302. The molecule has 0 aliphatic carbocycles. The number of rotatable bonds is 44. The Hall–Kier alpha value is -2.89. The van der Waals surface area contributed by atoms with Gasteiger partial charge < -0.3 is 40.3 Å². The molecule has 9 nitrogen and oxygen atoms in total. The van der Waals surface area contributed by atoms with Gasteiger partial charge in [-0.3, -0.25) is 4.79 Å². The second-order valence-corrected chi connectivity index (χ2v) is 18.3. The van der Waals surface area contributed by atoms with Gasteiger partial charge in [0.15, 0.2) is 6.29 Å². The molecular weight excluding hydrogens is 839 g/mol. The van der Waals surface area contributed by atoms with Crippen LogP contribution >= 0.6 is 0 Å². The van der Waals surface area contributed by atoms with Crippen LogP contribution in [0.3, 0.4) is 0 Å². The number of carbonyl (C=O) groups is 1. The van der Waals surface area contributed by atoms with Crippen molar-refractivity contribution in [2.24, 2.45) is 0 Å². The van der Waals surface area contributed by atoms with Gasteiger partial charge in [-0.25, -0.2) is 0 Å². The minimum atomic E-state index is -1.60. The fourth-order valence-electron chi connectivity index (χ4n) is 7.90. The van der Waals surface area contributed by atoms with E-state index in [1.54, 1.807) is 12.2 Å². The van der Waals surface area contributed by atoms with E-state index >= 15 is 0 Å². The summed E-state index contributed by atoms with van der Waals surface area (Å²) in [5.41, 5.74) is 0. The molecule has 1 rings (SSSR count). The highest BCUT2D eigenvalue weighted by molar-refractivity contribution is 5.77. The molecule has 6 N–H and O–H groups in total. The fourth-order valence-corrected chi connectivity index (χ4v) is 7.90. The maximum absolute atomic E-state index is 12.9. The molecule has 1 aliphatic rings. The maximum atomic E-state index is 12.9. The predicted molar refractivity (Wildman–Crippen MR) is 281 cm³/mol. The number of carbonyl (C=O) groups excluding carboxylic acids is 1. The average Bonchev–Trinajstić information content (AvgIpc) is 3.33. The number of hydrogen-bond donors (Lipinski definition) is 6. The van der Waals surface area contributed by atoms with Gasteiger partial charge in [0.2, 0.25) is 5.91 Å². The van der Waals surface area contributed by atoms with E-state index in [2.05, 4.69) is 86.0 Å². The van der Waals surface area contributed by atoms with Crippen LogP contribution in [-0.2, 0) is 14.3 Å². The number of aliphatic hydroxyl groups excluding tert-OH is 5. The molecule has 1 aliphatic heterocycles. The summed E-state index contributed by atoms with van der Waals surface area (Å²) in [6.07, 6.45) is 60.8. The standard InChI is InChI=1S/C58H99NO8/c1-3-5-7-9-11-13-15-17-19-20-21-22-23-24-25-26-27-28-29-30-31-32-34-35-37-39-41-43-45-47-52(61)51(50-66-58-57(65)56(64)55(63)53(49-60)67-58)59-54(62)48-46-44-42-40-38-36-33-18-16-14-12-10-8-6-4-2/h6,8,12,14,18,31-33,37-40,44-47,51-53,55-58,60-61,63-65H,3-5,7,9-11,13,15-17,19-30,34-36,41-43,48-50H2,1-2H3,(H,59,62)/b8-6-,14-12-,32-31+,33-18-,39-37+,40-38-,46-44-,47-45+. The van der Waals surface area contributed by atoms with E-state index in [9.17, 15) is 30.3 Å². The summed E-state index contributed by atoms with van der Waals surface area (Å²) in [7, 11) is 0. The minimum absolute atomic E-state index is 0.0973. The normalized spacial score (nSPS) is 20.5. The van der Waals surface area contributed by atoms with E-state index in [1.807, 2.05) is 18.2 Å². The summed E-state index contributed by atoms with van der Waals surface area (Å²) in [6, 6.07) is -0.889. The Morgan fingerprint density at radius 3 is 1.40 bits per heavy atom. The van der Waals surface area contributed by atoms with Crippen LogP contribution in [0, 0.1) is 0 Å². The molecule has 0 aromatic heterocycles. The molecule has 0 spiro atoms. The summed E-state index contributed by atoms with van der Waals surface area (Å²) in [6.45, 7) is 3.58. The molecule has 0 bridgehead atoms. The molecule has 9 heteroatoms. The number of aliphatic hydroxyl groups is 5. The van der Waals surface area contributed by atoms with Gasteiger partial charge >= 0.3 is 0 Å². The zero-order valence-electron chi connectivity index (χ0n) is 42.4. The predicted octanol–water partition coefficient (Wildman–Crippen LogP) is 12.8. The molecule has 1 heterocycles. The van der Waals surface area contributed by atoms with Crippen molar-refractivity contribution in [2.45, 2.75) is 249 Å². The van der Waals surface area contributed by atoms with Crippen molar-refractivity contribution >= 4 is 5.91 Å². The van der Waals surface area contributed by atoms with E-state index in [0.29, 0.717) is 12.8 Å². The molecule has 0 radical (unpaired) electrons. The third-order valence-electron chi connectivity index (χ3n) is 12.1. The molecule has 1 amide bonds. The Morgan fingerprint density at radius 1 is 0.522 bits per heavy atom. The molecular formula is C58H99NO8. The van der Waals surface area contributed by atoms with Crippen molar-refractivity contribution in [3.05, 3.63) is 97.2 Å². The van der Waals surface area contributed by atoms with Crippen molar-refractivity contribution < 1.29 is 39.8 Å². The van der Waals surface area contributed by atoms with Crippen LogP contribution in [0.15, 0.2) is 97.2 Å². The fraction of sp³-hybridized carbons (Fsp3) is 0.707. The summed E-state index contributed by atoms with van der Waals surface area (Å²) in [4.78, 5) is 12.9. The summed E-state index contributed by atoms with van der Waals surface area (Å²) in [5, 5.41) is 54.2. The second kappa shape index (κ2) is 46.8. The van der Waals surface area contributed by atoms with Gasteiger partial charge in [0, 0.05) is 6.42 Å². The van der Waals surface area contributed by atoms with E-state index < -0.39 is 49.5 Å². The van der Waals surface area contributed by atoms with Crippen LogP contribution in [0.2, 0.25) is 0 Å². The minimum Gasteiger partial charge on any atom is -0.394 e. The van der Waals surface area contributed by atoms with Gasteiger partial charge in [-0.2, -0.15) is 0 Å². The van der Waals surface area contributed by atoms with Gasteiger partial charge in [-0.15, -0.1) is 0 Å². The third-order valence-corrected chi connectivity index (χ3v) is 12.1. The summed E-state index contributed by atoms with van der Waals surface area (Å²) in [5.74, 6) is -0.321. The van der Waals surface area contributed by atoms with Crippen molar-refractivity contribution in [3.8, 4) is 0 Å². The average molecular weight is 938 g/mol. The van der Waals surface area contributed by atoms with Crippen molar-refractivity contribution in [1.29, 1.82) is 0 Å². The Balaban J connectivity index is 2.31. The van der Waals surface area contributed by atoms with Crippen molar-refractivity contribution in [3.63, 3.8) is 0 Å². The first-order valence-corrected chi connectivity index (χ1v) is 27.0. The Morgan fingerprint density at radius 2 is 0.940 bits per heavy atom. The first-order valence-electron chi connectivity index (χ1n) is 27.0. The smallest absolute Gasteiger partial charge is 0.224 e. The van der Waals surface area contributed by atoms with Gasteiger partial charge in [0.05, 0.1) is 25.4 Å².